The van der Waals surface area contributed by atoms with Gasteiger partial charge in [-0.3, -0.25) is 4.98 Å². The highest BCUT2D eigenvalue weighted by molar-refractivity contribution is 7.99. The lowest BCUT2D eigenvalue weighted by Gasteiger charge is -2.26. The van der Waals surface area contributed by atoms with Gasteiger partial charge in [0.25, 0.3) is 0 Å². The number of benzene rings is 2. The fourth-order valence-electron chi connectivity index (χ4n) is 2.55. The first-order chi connectivity index (χ1) is 10.9. The molecule has 2 heterocycles. The summed E-state index contributed by atoms with van der Waals surface area (Å²) in [5.74, 6) is 2.65. The van der Waals surface area contributed by atoms with E-state index in [1.165, 1.54) is 15.7 Å². The first kappa shape index (κ1) is 13.5. The van der Waals surface area contributed by atoms with Gasteiger partial charge in [-0.05, 0) is 23.6 Å². The van der Waals surface area contributed by atoms with Gasteiger partial charge in [0.05, 0.1) is 11.1 Å². The van der Waals surface area contributed by atoms with E-state index in [9.17, 15) is 0 Å². The fourth-order valence-corrected chi connectivity index (χ4v) is 3.53. The molecule has 1 unspecified atom stereocenters. The van der Waals surface area contributed by atoms with Crippen LogP contribution in [0.15, 0.2) is 65.8 Å². The molecule has 4 heteroatoms. The second-order valence-corrected chi connectivity index (χ2v) is 6.23. The van der Waals surface area contributed by atoms with Crippen LogP contribution in [0.1, 0.15) is 0 Å². The summed E-state index contributed by atoms with van der Waals surface area (Å²) in [6.07, 6.45) is 3.50. The van der Waals surface area contributed by atoms with Gasteiger partial charge in [-0.15, -0.1) is 11.8 Å². The van der Waals surface area contributed by atoms with Crippen LogP contribution < -0.4 is 9.47 Å². The van der Waals surface area contributed by atoms with Crippen molar-refractivity contribution >= 4 is 22.5 Å². The molecule has 1 aliphatic rings. The van der Waals surface area contributed by atoms with Crippen molar-refractivity contribution in [3.8, 4) is 11.5 Å². The molecule has 1 aliphatic heterocycles. The molecule has 0 bridgehead atoms. The van der Waals surface area contributed by atoms with Gasteiger partial charge < -0.3 is 9.47 Å². The molecule has 0 N–H and O–H groups in total. The van der Waals surface area contributed by atoms with Crippen molar-refractivity contribution in [1.29, 1.82) is 0 Å². The normalized spacial score (nSPS) is 16.8. The van der Waals surface area contributed by atoms with E-state index in [1.54, 1.807) is 12.4 Å². The van der Waals surface area contributed by atoms with E-state index in [1.807, 2.05) is 36.0 Å². The summed E-state index contributed by atoms with van der Waals surface area (Å²) < 4.78 is 12.0. The van der Waals surface area contributed by atoms with Crippen molar-refractivity contribution in [2.75, 3.05) is 12.4 Å². The Bertz CT molecular complexity index is 791. The molecule has 0 saturated heterocycles. The minimum atomic E-state index is 0.0449. The van der Waals surface area contributed by atoms with E-state index in [2.05, 4.69) is 29.2 Å². The number of aromatic nitrogens is 1. The van der Waals surface area contributed by atoms with Crippen LogP contribution >= 0.6 is 11.8 Å². The minimum absolute atomic E-state index is 0.0449. The van der Waals surface area contributed by atoms with Gasteiger partial charge in [0.15, 0.2) is 0 Å². The molecular weight excluding hydrogens is 294 g/mol. The summed E-state index contributed by atoms with van der Waals surface area (Å²) in [4.78, 5) is 5.26. The summed E-state index contributed by atoms with van der Waals surface area (Å²) in [6, 6.07) is 16.4. The Kier molecular flexibility index (Phi) is 3.60. The standard InChI is InChI=1S/C18H15NO2S/c1-2-6-16-13(4-1)7-8-17-18(16)21-15(12-22-17)11-20-14-5-3-9-19-10-14/h1-10,15H,11-12H2. The zero-order valence-electron chi connectivity index (χ0n) is 11.9. The molecule has 0 radical (unpaired) electrons. The molecule has 22 heavy (non-hydrogen) atoms. The number of thioether (sulfide) groups is 1. The third-order valence-corrected chi connectivity index (χ3v) is 4.79. The number of nitrogens with zero attached hydrogens (tertiary/aromatic N) is 1. The summed E-state index contributed by atoms with van der Waals surface area (Å²) in [5.41, 5.74) is 0. The van der Waals surface area contributed by atoms with Crippen LogP contribution in [0, 0.1) is 0 Å². The fraction of sp³-hybridized carbons (Fsp3) is 0.167. The summed E-state index contributed by atoms with van der Waals surface area (Å²) in [6.45, 7) is 0.529. The van der Waals surface area contributed by atoms with Gasteiger partial charge in [0.2, 0.25) is 0 Å². The summed E-state index contributed by atoms with van der Waals surface area (Å²) >= 11 is 1.83. The lowest BCUT2D eigenvalue weighted by atomic mass is 10.1. The van der Waals surface area contributed by atoms with Crippen LogP contribution in [0.4, 0.5) is 0 Å². The van der Waals surface area contributed by atoms with Crippen LogP contribution in [0.5, 0.6) is 11.5 Å². The summed E-state index contributed by atoms with van der Waals surface area (Å²) in [5, 5.41) is 2.37. The second-order valence-electron chi connectivity index (χ2n) is 5.16. The number of fused-ring (bicyclic) bond motifs is 3. The van der Waals surface area contributed by atoms with E-state index in [0.29, 0.717) is 6.61 Å². The maximum absolute atomic E-state index is 6.20. The Morgan fingerprint density at radius 2 is 2.09 bits per heavy atom. The van der Waals surface area contributed by atoms with E-state index < -0.39 is 0 Å². The molecular formula is C18H15NO2S. The van der Waals surface area contributed by atoms with Gasteiger partial charge in [-0.2, -0.15) is 0 Å². The Labute approximate surface area is 133 Å². The third-order valence-electron chi connectivity index (χ3n) is 3.62. The largest absolute Gasteiger partial charge is 0.488 e. The first-order valence-electron chi connectivity index (χ1n) is 7.24. The number of pyridine rings is 1. The smallest absolute Gasteiger partial charge is 0.142 e. The maximum atomic E-state index is 6.20. The molecule has 0 amide bonds. The van der Waals surface area contributed by atoms with Gasteiger partial charge in [-0.1, -0.05) is 30.3 Å². The van der Waals surface area contributed by atoms with Crippen LogP contribution in [-0.2, 0) is 0 Å². The molecule has 3 aromatic rings. The molecule has 1 atom stereocenters. The Balaban J connectivity index is 1.54. The van der Waals surface area contributed by atoms with Crippen molar-refractivity contribution in [2.45, 2.75) is 11.0 Å². The molecule has 0 spiro atoms. The lowest BCUT2D eigenvalue weighted by molar-refractivity contribution is 0.142. The monoisotopic (exact) mass is 309 g/mol. The quantitative estimate of drug-likeness (QED) is 0.727. The van der Waals surface area contributed by atoms with E-state index in [-0.39, 0.29) is 6.10 Å². The minimum Gasteiger partial charge on any atom is -0.488 e. The van der Waals surface area contributed by atoms with Crippen LogP contribution in [0.2, 0.25) is 0 Å². The van der Waals surface area contributed by atoms with Gasteiger partial charge in [-0.25, -0.2) is 0 Å². The maximum Gasteiger partial charge on any atom is 0.142 e. The van der Waals surface area contributed by atoms with E-state index >= 15 is 0 Å². The average molecular weight is 309 g/mol. The van der Waals surface area contributed by atoms with Crippen LogP contribution in [0.3, 0.4) is 0 Å². The Hall–Kier alpha value is -2.20. The number of ether oxygens (including phenoxy) is 2. The number of hydrogen-bond acceptors (Lipinski definition) is 4. The van der Waals surface area contributed by atoms with Crippen molar-refractivity contribution < 1.29 is 9.47 Å². The predicted octanol–water partition coefficient (Wildman–Crippen LogP) is 4.17. The molecule has 4 rings (SSSR count). The van der Waals surface area contributed by atoms with Crippen molar-refractivity contribution in [2.24, 2.45) is 0 Å². The van der Waals surface area contributed by atoms with Gasteiger partial charge in [0, 0.05) is 17.3 Å². The van der Waals surface area contributed by atoms with Crippen molar-refractivity contribution in [3.05, 3.63) is 60.9 Å². The molecule has 3 nitrogen and oxygen atoms in total. The van der Waals surface area contributed by atoms with E-state index in [0.717, 1.165) is 17.3 Å². The Morgan fingerprint density at radius 1 is 1.14 bits per heavy atom. The van der Waals surface area contributed by atoms with Gasteiger partial charge >= 0.3 is 0 Å². The second kappa shape index (κ2) is 5.89. The average Bonchev–Trinajstić information content (AvgIpc) is 2.60. The number of rotatable bonds is 3. The molecule has 0 fully saturated rings. The van der Waals surface area contributed by atoms with Crippen LogP contribution in [-0.4, -0.2) is 23.4 Å². The lowest BCUT2D eigenvalue weighted by Crippen LogP contribution is -2.30. The third kappa shape index (κ3) is 2.62. The van der Waals surface area contributed by atoms with Crippen molar-refractivity contribution in [1.82, 2.24) is 4.98 Å². The first-order valence-corrected chi connectivity index (χ1v) is 8.23. The molecule has 0 aliphatic carbocycles. The zero-order valence-corrected chi connectivity index (χ0v) is 12.8. The van der Waals surface area contributed by atoms with Crippen molar-refractivity contribution in [3.63, 3.8) is 0 Å². The van der Waals surface area contributed by atoms with E-state index in [4.69, 9.17) is 9.47 Å². The molecule has 2 aromatic carbocycles. The van der Waals surface area contributed by atoms with Crippen LogP contribution in [0.25, 0.3) is 10.8 Å². The Morgan fingerprint density at radius 3 is 3.00 bits per heavy atom. The highest BCUT2D eigenvalue weighted by Crippen LogP contribution is 2.40. The highest BCUT2D eigenvalue weighted by Gasteiger charge is 2.22. The van der Waals surface area contributed by atoms with Gasteiger partial charge in [0.1, 0.15) is 24.2 Å². The molecule has 1 aromatic heterocycles. The molecule has 110 valence electrons. The predicted molar refractivity (Wildman–Crippen MR) is 88.8 cm³/mol. The zero-order chi connectivity index (χ0) is 14.8. The number of hydrogen-bond donors (Lipinski definition) is 0. The summed E-state index contributed by atoms with van der Waals surface area (Å²) in [7, 11) is 0. The molecule has 0 saturated carbocycles. The highest BCUT2D eigenvalue weighted by atomic mass is 32.2. The SMILES string of the molecule is c1cncc(OCC2CSc3ccc4ccccc4c3O2)c1. The topological polar surface area (TPSA) is 31.4 Å².